The van der Waals surface area contributed by atoms with Crippen LogP contribution in [0.15, 0.2) is 82.9 Å². The lowest BCUT2D eigenvalue weighted by Crippen LogP contribution is -2.53. The van der Waals surface area contributed by atoms with E-state index >= 15 is 4.79 Å². The average Bonchev–Trinajstić information content (AvgIpc) is 3.47. The number of nitrogens with one attached hydrogen (secondary N) is 1. The maximum absolute atomic E-state index is 15.2. The van der Waals surface area contributed by atoms with E-state index in [1.54, 1.807) is 48.5 Å². The molecular weight excluding hydrogens is 682 g/mol. The van der Waals surface area contributed by atoms with Gasteiger partial charge in [-0.05, 0) is 55.5 Å². The second-order valence-corrected chi connectivity index (χ2v) is 13.5. The Bertz CT molecular complexity index is 1910. The first-order valence-electron chi connectivity index (χ1n) is 15.5. The predicted molar refractivity (Wildman–Crippen MR) is 175 cm³/mol. The van der Waals surface area contributed by atoms with E-state index in [-0.39, 0.29) is 24.3 Å². The number of phenolic OH excluding ortho intramolecular Hbond substituents is 1. The van der Waals surface area contributed by atoms with Crippen LogP contribution in [0.1, 0.15) is 35.4 Å². The van der Waals surface area contributed by atoms with Crippen molar-refractivity contribution in [3.05, 3.63) is 99.5 Å². The summed E-state index contributed by atoms with van der Waals surface area (Å²) in [6.07, 6.45) is 0.917. The number of imide groups is 4. The first-order valence-corrected chi connectivity index (χ1v) is 16.3. The number of fused-ring (bicyclic) bond motifs is 4. The molecule has 1 saturated carbocycles. The highest BCUT2D eigenvalue weighted by molar-refractivity contribution is 9.10. The first kappa shape index (κ1) is 31.6. The number of amides is 5. The number of hydrazine groups is 1. The molecule has 0 aromatic heterocycles. The summed E-state index contributed by atoms with van der Waals surface area (Å²) in [6, 6.07) is 19.5. The number of ether oxygens (including phenoxy) is 2. The summed E-state index contributed by atoms with van der Waals surface area (Å²) in [4.78, 5) is 70.4. The van der Waals surface area contributed by atoms with Gasteiger partial charge in [-0.25, -0.2) is 4.79 Å². The van der Waals surface area contributed by atoms with Crippen LogP contribution in [0.2, 0.25) is 0 Å². The van der Waals surface area contributed by atoms with Crippen LogP contribution in [0.4, 0.5) is 10.5 Å². The fourth-order valence-electron chi connectivity index (χ4n) is 8.33. The number of phenols is 1. The van der Waals surface area contributed by atoms with E-state index in [1.165, 1.54) is 7.11 Å². The minimum absolute atomic E-state index is 0.0367. The minimum atomic E-state index is -1.58. The summed E-state index contributed by atoms with van der Waals surface area (Å²) in [5.41, 5.74) is 4.46. The van der Waals surface area contributed by atoms with Gasteiger partial charge in [-0.15, -0.1) is 0 Å². The molecule has 3 aromatic rings. The van der Waals surface area contributed by atoms with Crippen LogP contribution in [0.25, 0.3) is 0 Å². The smallest absolute Gasteiger partial charge is 0.423 e. The van der Waals surface area contributed by atoms with E-state index in [0.717, 1.165) is 17.7 Å². The van der Waals surface area contributed by atoms with E-state index in [2.05, 4.69) is 21.4 Å². The van der Waals surface area contributed by atoms with Gasteiger partial charge in [-0.3, -0.25) is 24.6 Å². The number of carbonyl (C=O) groups is 5. The van der Waals surface area contributed by atoms with E-state index < -0.39 is 64.7 Å². The molecule has 2 saturated heterocycles. The van der Waals surface area contributed by atoms with Gasteiger partial charge in [0.1, 0.15) is 0 Å². The zero-order chi connectivity index (χ0) is 34.1. The van der Waals surface area contributed by atoms with Crippen LogP contribution in [0.5, 0.6) is 11.5 Å². The number of hydrogen-bond donors (Lipinski definition) is 2. The molecule has 4 aliphatic rings. The molecule has 0 spiro atoms. The molecule has 2 heterocycles. The Balaban J connectivity index is 1.48. The number of hydrogen-bond acceptors (Lipinski definition) is 9. The molecule has 5 amide bonds. The van der Waals surface area contributed by atoms with Crippen molar-refractivity contribution in [2.24, 2.45) is 23.7 Å². The van der Waals surface area contributed by atoms with E-state index in [9.17, 15) is 24.3 Å². The Morgan fingerprint density at radius 1 is 0.958 bits per heavy atom. The fraction of sp³-hybridized carbons (Fsp3) is 0.306. The van der Waals surface area contributed by atoms with Gasteiger partial charge in [-0.2, -0.15) is 9.91 Å². The average molecular weight is 715 g/mol. The molecule has 0 unspecified atom stereocenters. The van der Waals surface area contributed by atoms with Crippen LogP contribution in [0, 0.1) is 30.6 Å². The van der Waals surface area contributed by atoms with Crippen LogP contribution in [0.3, 0.4) is 0 Å². The molecular formula is C36H32BrN3O8. The summed E-state index contributed by atoms with van der Waals surface area (Å²) in [7, 11) is 2.51. The standard InChI is InChI=1S/C36H32BrN3O8/c1-18-9-11-21(12-10-18)38-40-32(43)26-17-24-22(13-14-23-28(24)33(44)39(31(23)42)35(46)48-3)29(25-15-20(37)16-27(47-2)30(25)41)36(26,34(40)45)19-7-5-4-6-8-19/h4-13,15-16,23-24,26,28-29,38,41H,14,17H2,1-3H3/t23-,24+,26-,28-,29+,36+/m0/s1. The van der Waals surface area contributed by atoms with Gasteiger partial charge in [0.15, 0.2) is 11.5 Å². The van der Waals surface area contributed by atoms with Crippen molar-refractivity contribution in [1.29, 1.82) is 0 Å². The van der Waals surface area contributed by atoms with Crippen molar-refractivity contribution < 1.29 is 38.6 Å². The lowest BCUT2D eigenvalue weighted by Gasteiger charge is -2.50. The second kappa shape index (κ2) is 11.6. The van der Waals surface area contributed by atoms with Crippen LogP contribution < -0.4 is 10.2 Å². The third-order valence-corrected chi connectivity index (χ3v) is 10.8. The molecule has 0 bridgehead atoms. The number of allylic oxidation sites excluding steroid dienone is 2. The van der Waals surface area contributed by atoms with Crippen LogP contribution >= 0.6 is 15.9 Å². The summed E-state index contributed by atoms with van der Waals surface area (Å²) in [6.45, 7) is 1.93. The van der Waals surface area contributed by atoms with E-state index in [4.69, 9.17) is 9.47 Å². The normalized spacial score (nSPS) is 27.7. The monoisotopic (exact) mass is 713 g/mol. The van der Waals surface area contributed by atoms with Crippen molar-refractivity contribution in [2.45, 2.75) is 31.1 Å². The zero-order valence-electron chi connectivity index (χ0n) is 26.3. The lowest BCUT2D eigenvalue weighted by atomic mass is 9.49. The molecule has 7 rings (SSSR count). The van der Waals surface area contributed by atoms with Crippen LogP contribution in [-0.2, 0) is 29.3 Å². The molecule has 48 heavy (non-hydrogen) atoms. The third-order valence-electron chi connectivity index (χ3n) is 10.4. The van der Waals surface area contributed by atoms with Crippen molar-refractivity contribution in [1.82, 2.24) is 9.91 Å². The number of aromatic hydroxyl groups is 1. The molecule has 2 N–H and O–H groups in total. The molecule has 12 heteroatoms. The van der Waals surface area contributed by atoms with Crippen molar-refractivity contribution in [3.8, 4) is 11.5 Å². The number of carbonyl (C=O) groups excluding carboxylic acids is 5. The number of halogens is 1. The summed E-state index contributed by atoms with van der Waals surface area (Å²) >= 11 is 3.53. The lowest BCUT2D eigenvalue weighted by molar-refractivity contribution is -0.140. The van der Waals surface area contributed by atoms with Gasteiger partial charge in [0.05, 0.1) is 43.1 Å². The van der Waals surface area contributed by atoms with Gasteiger partial charge in [0, 0.05) is 16.0 Å². The predicted octanol–water partition coefficient (Wildman–Crippen LogP) is 5.22. The molecule has 0 radical (unpaired) electrons. The number of nitrogens with zero attached hydrogens (tertiary/aromatic N) is 2. The first-order chi connectivity index (χ1) is 23.0. The quantitative estimate of drug-likeness (QED) is 0.269. The summed E-state index contributed by atoms with van der Waals surface area (Å²) in [5.74, 6) is -7.05. The third kappa shape index (κ3) is 4.42. The Morgan fingerprint density at radius 3 is 2.33 bits per heavy atom. The number of benzene rings is 3. The van der Waals surface area contributed by atoms with E-state index in [0.29, 0.717) is 31.8 Å². The maximum atomic E-state index is 15.2. The van der Waals surface area contributed by atoms with Crippen molar-refractivity contribution >= 4 is 51.3 Å². The number of methoxy groups -OCH3 is 2. The number of likely N-dealkylation sites (tertiary alicyclic amines) is 1. The summed E-state index contributed by atoms with van der Waals surface area (Å²) < 4.78 is 10.9. The highest BCUT2D eigenvalue weighted by Crippen LogP contribution is 2.65. The largest absolute Gasteiger partial charge is 0.504 e. The topological polar surface area (TPSA) is 143 Å². The van der Waals surface area contributed by atoms with Gasteiger partial charge in [0.2, 0.25) is 11.8 Å². The number of anilines is 1. The number of aryl methyl sites for hydroxylation is 1. The van der Waals surface area contributed by atoms with Gasteiger partial charge in [0.25, 0.3) is 11.8 Å². The Morgan fingerprint density at radius 2 is 1.67 bits per heavy atom. The zero-order valence-corrected chi connectivity index (χ0v) is 27.9. The maximum Gasteiger partial charge on any atom is 0.423 e. The Hall–Kier alpha value is -4.97. The van der Waals surface area contributed by atoms with Gasteiger partial charge in [-0.1, -0.05) is 75.6 Å². The SMILES string of the molecule is COC(=O)N1C(=O)[C@H]2[C@H](CC=C3[C@H]2C[C@H]2C(=O)N(Nc4ccc(C)cc4)C(=O)[C@@]2(c2ccccc2)[C@H]3c2cc(Br)cc(OC)c2O)C1=O. The molecule has 2 aliphatic carbocycles. The molecule has 6 atom stereocenters. The van der Waals surface area contributed by atoms with Crippen molar-refractivity contribution in [2.75, 3.05) is 19.6 Å². The number of rotatable bonds is 5. The fourth-order valence-corrected chi connectivity index (χ4v) is 8.79. The van der Waals surface area contributed by atoms with Gasteiger partial charge >= 0.3 is 6.09 Å². The molecule has 11 nitrogen and oxygen atoms in total. The van der Waals surface area contributed by atoms with E-state index in [1.807, 2.05) is 31.2 Å². The van der Waals surface area contributed by atoms with Crippen molar-refractivity contribution in [3.63, 3.8) is 0 Å². The van der Waals surface area contributed by atoms with Crippen LogP contribution in [-0.4, -0.2) is 59.0 Å². The minimum Gasteiger partial charge on any atom is -0.504 e. The second-order valence-electron chi connectivity index (χ2n) is 12.6. The summed E-state index contributed by atoms with van der Waals surface area (Å²) in [5, 5.41) is 12.8. The Labute approximate surface area is 284 Å². The highest BCUT2D eigenvalue weighted by Gasteiger charge is 2.71. The highest BCUT2D eigenvalue weighted by atomic mass is 79.9. The molecule has 3 fully saturated rings. The molecule has 3 aromatic carbocycles. The Kier molecular flexibility index (Phi) is 7.66. The van der Waals surface area contributed by atoms with Gasteiger partial charge < -0.3 is 14.6 Å². The molecule has 2 aliphatic heterocycles. The molecule has 246 valence electrons.